The van der Waals surface area contributed by atoms with Crippen LogP contribution < -0.4 is 5.32 Å². The van der Waals surface area contributed by atoms with E-state index in [4.69, 9.17) is 0 Å². The second-order valence-electron chi connectivity index (χ2n) is 5.52. The molecule has 1 aliphatic carbocycles. The maximum absolute atomic E-state index is 4.56. The van der Waals surface area contributed by atoms with Crippen LogP contribution in [-0.4, -0.2) is 22.4 Å². The first kappa shape index (κ1) is 13.6. The first-order valence-corrected chi connectivity index (χ1v) is 7.49. The van der Waals surface area contributed by atoms with E-state index in [2.05, 4.69) is 42.1 Å². The summed E-state index contributed by atoms with van der Waals surface area (Å²) in [5, 5.41) is 8.23. The van der Waals surface area contributed by atoms with Gasteiger partial charge in [-0.1, -0.05) is 26.7 Å². The molecule has 0 saturated heterocycles. The van der Waals surface area contributed by atoms with E-state index in [9.17, 15) is 0 Å². The van der Waals surface area contributed by atoms with E-state index in [0.717, 1.165) is 18.9 Å². The smallest absolute Gasteiger partial charge is 0.0624 e. The van der Waals surface area contributed by atoms with Crippen molar-refractivity contribution >= 4 is 0 Å². The molecular formula is C15H27N3. The van der Waals surface area contributed by atoms with Crippen LogP contribution in [0.15, 0.2) is 6.07 Å². The van der Waals surface area contributed by atoms with Crippen LogP contribution in [-0.2, 0) is 19.9 Å². The number of hydrogen-bond acceptors (Lipinski definition) is 2. The Balaban J connectivity index is 2.03. The van der Waals surface area contributed by atoms with Gasteiger partial charge in [0.05, 0.1) is 5.69 Å². The van der Waals surface area contributed by atoms with E-state index in [1.165, 1.54) is 43.5 Å². The van der Waals surface area contributed by atoms with Crippen molar-refractivity contribution < 1.29 is 0 Å². The Kier molecular flexibility index (Phi) is 4.81. The zero-order chi connectivity index (χ0) is 13.0. The maximum atomic E-state index is 4.56. The molecule has 0 radical (unpaired) electrons. The molecule has 3 nitrogen and oxygen atoms in total. The van der Waals surface area contributed by atoms with Crippen molar-refractivity contribution in [3.05, 3.63) is 17.5 Å². The number of hydrogen-bond donors (Lipinski definition) is 1. The lowest BCUT2D eigenvalue weighted by Gasteiger charge is -2.32. The van der Waals surface area contributed by atoms with Gasteiger partial charge in [-0.15, -0.1) is 0 Å². The molecule has 0 spiro atoms. The molecule has 18 heavy (non-hydrogen) atoms. The third kappa shape index (κ3) is 3.14. The maximum Gasteiger partial charge on any atom is 0.0624 e. The van der Waals surface area contributed by atoms with Crippen LogP contribution in [0.5, 0.6) is 0 Å². The van der Waals surface area contributed by atoms with Gasteiger partial charge in [-0.3, -0.25) is 4.68 Å². The summed E-state index contributed by atoms with van der Waals surface area (Å²) in [5.74, 6) is 0.791. The predicted molar refractivity (Wildman–Crippen MR) is 75.7 cm³/mol. The Labute approximate surface area is 111 Å². The SMILES string of the molecule is CCNC1CCCCC1Cc1cc(CC)nn1C. The Hall–Kier alpha value is -0.830. The average molecular weight is 249 g/mol. The van der Waals surface area contributed by atoms with Gasteiger partial charge in [0.25, 0.3) is 0 Å². The number of nitrogens with one attached hydrogen (secondary N) is 1. The molecule has 0 amide bonds. The fraction of sp³-hybridized carbons (Fsp3) is 0.800. The Morgan fingerprint density at radius 2 is 2.11 bits per heavy atom. The summed E-state index contributed by atoms with van der Waals surface area (Å²) < 4.78 is 2.08. The molecule has 1 fully saturated rings. The monoisotopic (exact) mass is 249 g/mol. The minimum atomic E-state index is 0.712. The van der Waals surface area contributed by atoms with Crippen molar-refractivity contribution in [3.8, 4) is 0 Å². The molecule has 2 atom stereocenters. The van der Waals surface area contributed by atoms with Crippen molar-refractivity contribution in [2.45, 2.75) is 58.4 Å². The molecule has 1 aliphatic rings. The fourth-order valence-corrected chi connectivity index (χ4v) is 3.19. The Morgan fingerprint density at radius 1 is 1.33 bits per heavy atom. The molecule has 2 rings (SSSR count). The lowest BCUT2D eigenvalue weighted by molar-refractivity contribution is 0.261. The average Bonchev–Trinajstić information content (AvgIpc) is 2.73. The van der Waals surface area contributed by atoms with E-state index in [0.29, 0.717) is 6.04 Å². The highest BCUT2D eigenvalue weighted by Gasteiger charge is 2.25. The highest BCUT2D eigenvalue weighted by atomic mass is 15.3. The molecular weight excluding hydrogens is 222 g/mol. The topological polar surface area (TPSA) is 29.9 Å². The summed E-state index contributed by atoms with van der Waals surface area (Å²) in [6.07, 6.45) is 7.71. The summed E-state index contributed by atoms with van der Waals surface area (Å²) in [5.41, 5.74) is 2.63. The number of aromatic nitrogens is 2. The van der Waals surface area contributed by atoms with E-state index >= 15 is 0 Å². The molecule has 1 aromatic heterocycles. The molecule has 2 unspecified atom stereocenters. The van der Waals surface area contributed by atoms with Gasteiger partial charge in [0.2, 0.25) is 0 Å². The van der Waals surface area contributed by atoms with Gasteiger partial charge < -0.3 is 5.32 Å². The Morgan fingerprint density at radius 3 is 2.78 bits per heavy atom. The van der Waals surface area contributed by atoms with Crippen molar-refractivity contribution in [2.75, 3.05) is 6.54 Å². The van der Waals surface area contributed by atoms with Gasteiger partial charge in [-0.2, -0.15) is 5.10 Å². The standard InChI is InChI=1S/C15H27N3/c1-4-13-11-14(18(3)17-13)10-12-8-6-7-9-15(12)16-5-2/h11-12,15-16H,4-10H2,1-3H3. The molecule has 1 heterocycles. The van der Waals surface area contributed by atoms with E-state index in [1.807, 2.05) is 0 Å². The van der Waals surface area contributed by atoms with Crippen LogP contribution in [0.25, 0.3) is 0 Å². The first-order chi connectivity index (χ1) is 8.74. The second-order valence-corrected chi connectivity index (χ2v) is 5.52. The van der Waals surface area contributed by atoms with Crippen LogP contribution in [0.1, 0.15) is 50.9 Å². The van der Waals surface area contributed by atoms with Crippen LogP contribution in [0, 0.1) is 5.92 Å². The fourth-order valence-electron chi connectivity index (χ4n) is 3.19. The molecule has 1 N–H and O–H groups in total. The predicted octanol–water partition coefficient (Wildman–Crippen LogP) is 2.69. The zero-order valence-corrected chi connectivity index (χ0v) is 12.1. The highest BCUT2D eigenvalue weighted by molar-refractivity contribution is 5.11. The number of aryl methyl sites for hydroxylation is 2. The van der Waals surface area contributed by atoms with Crippen LogP contribution in [0.2, 0.25) is 0 Å². The van der Waals surface area contributed by atoms with Gasteiger partial charge in [0.15, 0.2) is 0 Å². The summed E-state index contributed by atoms with van der Waals surface area (Å²) in [6, 6.07) is 3.00. The molecule has 102 valence electrons. The number of rotatable bonds is 5. The zero-order valence-electron chi connectivity index (χ0n) is 12.1. The van der Waals surface area contributed by atoms with E-state index in [1.54, 1.807) is 0 Å². The van der Waals surface area contributed by atoms with Crippen LogP contribution >= 0.6 is 0 Å². The second kappa shape index (κ2) is 6.37. The molecule has 3 heteroatoms. The summed E-state index contributed by atoms with van der Waals surface area (Å²) in [7, 11) is 2.08. The van der Waals surface area contributed by atoms with E-state index < -0.39 is 0 Å². The minimum absolute atomic E-state index is 0.712. The molecule has 0 bridgehead atoms. The number of nitrogens with zero attached hydrogens (tertiary/aromatic N) is 2. The van der Waals surface area contributed by atoms with Gasteiger partial charge in [-0.25, -0.2) is 0 Å². The summed E-state index contributed by atoms with van der Waals surface area (Å²) in [6.45, 7) is 5.48. The largest absolute Gasteiger partial charge is 0.314 e. The Bertz CT molecular complexity index is 368. The van der Waals surface area contributed by atoms with Crippen LogP contribution in [0.4, 0.5) is 0 Å². The van der Waals surface area contributed by atoms with Crippen molar-refractivity contribution in [3.63, 3.8) is 0 Å². The van der Waals surface area contributed by atoms with E-state index in [-0.39, 0.29) is 0 Å². The third-order valence-corrected chi connectivity index (χ3v) is 4.24. The molecule has 0 aromatic carbocycles. The lowest BCUT2D eigenvalue weighted by atomic mass is 9.81. The quantitative estimate of drug-likeness (QED) is 0.869. The first-order valence-electron chi connectivity index (χ1n) is 7.49. The molecule has 1 aromatic rings. The highest BCUT2D eigenvalue weighted by Crippen LogP contribution is 2.27. The van der Waals surface area contributed by atoms with Crippen LogP contribution in [0.3, 0.4) is 0 Å². The lowest BCUT2D eigenvalue weighted by Crippen LogP contribution is -2.39. The van der Waals surface area contributed by atoms with Crippen molar-refractivity contribution in [1.82, 2.24) is 15.1 Å². The summed E-state index contributed by atoms with van der Waals surface area (Å²) >= 11 is 0. The minimum Gasteiger partial charge on any atom is -0.314 e. The normalized spacial score (nSPS) is 24.4. The van der Waals surface area contributed by atoms with Crippen molar-refractivity contribution in [2.24, 2.45) is 13.0 Å². The van der Waals surface area contributed by atoms with Crippen molar-refractivity contribution in [1.29, 1.82) is 0 Å². The van der Waals surface area contributed by atoms with Gasteiger partial charge in [0, 0.05) is 18.8 Å². The third-order valence-electron chi connectivity index (χ3n) is 4.24. The summed E-state index contributed by atoms with van der Waals surface area (Å²) in [4.78, 5) is 0. The van der Waals surface area contributed by atoms with Gasteiger partial charge in [-0.05, 0) is 44.2 Å². The molecule has 0 aliphatic heterocycles. The van der Waals surface area contributed by atoms with Gasteiger partial charge >= 0.3 is 0 Å². The van der Waals surface area contributed by atoms with Gasteiger partial charge in [0.1, 0.15) is 0 Å². The molecule has 1 saturated carbocycles.